The van der Waals surface area contributed by atoms with Gasteiger partial charge in [0.25, 0.3) is 0 Å². The lowest BCUT2D eigenvalue weighted by Crippen LogP contribution is -2.60. The molecule has 0 saturated carbocycles. The van der Waals surface area contributed by atoms with Gasteiger partial charge in [0.2, 0.25) is 5.91 Å². The van der Waals surface area contributed by atoms with E-state index in [9.17, 15) is 19.8 Å². The summed E-state index contributed by atoms with van der Waals surface area (Å²) in [6.45, 7) is 4.16. The topological polar surface area (TPSA) is 102 Å². The summed E-state index contributed by atoms with van der Waals surface area (Å²) in [4.78, 5) is 25.6. The fourth-order valence-electron chi connectivity index (χ4n) is 3.13. The molecule has 0 aromatic rings. The first-order valence-corrected chi connectivity index (χ1v) is 9.19. The lowest BCUT2D eigenvalue weighted by Gasteiger charge is -2.42. The zero-order chi connectivity index (χ0) is 15.9. The number of rotatable bonds is 4. The number of β-lactam (4-membered cyclic amide) rings is 1. The molecule has 3 aliphatic heterocycles. The van der Waals surface area contributed by atoms with Gasteiger partial charge < -0.3 is 25.7 Å². The molecule has 0 aromatic heterocycles. The minimum Gasteiger partial charge on any atom is -0.480 e. The summed E-state index contributed by atoms with van der Waals surface area (Å²) < 4.78 is -1.03. The fourth-order valence-corrected chi connectivity index (χ4v) is 6.85. The summed E-state index contributed by atoms with van der Waals surface area (Å²) in [6, 6.07) is 0. The molecule has 3 rings (SSSR count). The van der Waals surface area contributed by atoms with Crippen molar-refractivity contribution >= 4 is 35.4 Å². The van der Waals surface area contributed by atoms with Crippen molar-refractivity contribution in [3.05, 3.63) is 0 Å². The van der Waals surface area contributed by atoms with Crippen molar-refractivity contribution in [2.24, 2.45) is 5.92 Å². The Morgan fingerprint density at radius 2 is 2.32 bits per heavy atom. The van der Waals surface area contributed by atoms with Gasteiger partial charge in [0.05, 0.1) is 23.9 Å². The van der Waals surface area contributed by atoms with E-state index in [-0.39, 0.29) is 23.1 Å². The molecule has 3 heterocycles. The summed E-state index contributed by atoms with van der Waals surface area (Å²) in [7, 11) is 0. The van der Waals surface area contributed by atoms with E-state index in [1.165, 1.54) is 23.5 Å². The highest BCUT2D eigenvalue weighted by Crippen LogP contribution is 2.56. The van der Waals surface area contributed by atoms with E-state index < -0.39 is 22.1 Å². The molecule has 22 heavy (non-hydrogen) atoms. The number of thioether (sulfide) groups is 2. The van der Waals surface area contributed by atoms with Crippen LogP contribution in [0.25, 0.3) is 0 Å². The summed E-state index contributed by atoms with van der Waals surface area (Å²) in [5.74, 6) is -1.48. The first kappa shape index (κ1) is 16.4. The van der Waals surface area contributed by atoms with Gasteiger partial charge in [-0.05, 0) is 19.9 Å². The molecule has 124 valence electrons. The second-order valence-corrected chi connectivity index (χ2v) is 9.23. The molecule has 0 bridgehead atoms. The van der Waals surface area contributed by atoms with Crippen LogP contribution >= 0.6 is 23.5 Å². The largest absolute Gasteiger partial charge is 0.480 e. The average molecular weight is 347 g/mol. The van der Waals surface area contributed by atoms with Crippen LogP contribution in [0.2, 0.25) is 0 Å². The Morgan fingerprint density at radius 1 is 1.55 bits per heavy atom. The van der Waals surface area contributed by atoms with Crippen LogP contribution in [0.3, 0.4) is 0 Å². The van der Waals surface area contributed by atoms with Crippen molar-refractivity contribution in [2.45, 2.75) is 34.2 Å². The van der Waals surface area contributed by atoms with Crippen molar-refractivity contribution < 1.29 is 19.8 Å². The zero-order valence-corrected chi connectivity index (χ0v) is 14.0. The highest BCUT2D eigenvalue weighted by molar-refractivity contribution is 8.20. The first-order valence-electron chi connectivity index (χ1n) is 7.43. The number of aliphatic hydroxyl groups is 1. The van der Waals surface area contributed by atoms with Gasteiger partial charge in [-0.2, -0.15) is 0 Å². The molecular formula is C13H21N3O4S2. The second kappa shape index (κ2) is 6.20. The van der Waals surface area contributed by atoms with Crippen LogP contribution in [0.5, 0.6) is 0 Å². The number of fused-ring (bicyclic) bond motifs is 1. The third-order valence-corrected chi connectivity index (χ3v) is 7.81. The molecule has 9 heteroatoms. The Hall–Kier alpha value is -0.480. The van der Waals surface area contributed by atoms with E-state index in [0.29, 0.717) is 0 Å². The summed E-state index contributed by atoms with van der Waals surface area (Å²) in [6.07, 6.45) is 0.158. The van der Waals surface area contributed by atoms with Gasteiger partial charge >= 0.3 is 5.97 Å². The standard InChI is InChI=1S/C13H21N3O4S2/c1-7(17)9-10(18)16-5-13(12(19)20,22-11(9)16)21-8-2-3-14-6-15-4-8/h7-9,11,14-15,17H,2-6H2,1H3,(H,19,20)/t7?,8?,9?,11-,13?/m1/s1. The summed E-state index contributed by atoms with van der Waals surface area (Å²) >= 11 is 2.76. The second-order valence-electron chi connectivity index (χ2n) is 5.96. The quantitative estimate of drug-likeness (QED) is 0.496. The number of carboxylic acid groups (broad SMARTS) is 1. The number of amides is 1. The minimum atomic E-state index is -1.03. The van der Waals surface area contributed by atoms with Crippen LogP contribution in [0.15, 0.2) is 0 Å². The predicted molar refractivity (Wildman–Crippen MR) is 85.5 cm³/mol. The fraction of sp³-hybridized carbons (Fsp3) is 0.846. The number of carboxylic acids is 1. The van der Waals surface area contributed by atoms with Crippen LogP contribution in [0.4, 0.5) is 0 Å². The van der Waals surface area contributed by atoms with Crippen molar-refractivity contribution in [3.63, 3.8) is 0 Å². The molecule has 0 radical (unpaired) electrons. The first-order chi connectivity index (χ1) is 10.4. The Bertz CT molecular complexity index is 470. The Labute approximate surface area is 137 Å². The molecule has 0 spiro atoms. The third-order valence-electron chi connectivity index (χ3n) is 4.34. The minimum absolute atomic E-state index is 0.128. The van der Waals surface area contributed by atoms with Gasteiger partial charge in [-0.15, -0.1) is 23.5 Å². The van der Waals surface area contributed by atoms with E-state index in [4.69, 9.17) is 0 Å². The van der Waals surface area contributed by atoms with Crippen LogP contribution in [-0.4, -0.2) is 74.1 Å². The van der Waals surface area contributed by atoms with Crippen molar-refractivity contribution in [1.82, 2.24) is 15.5 Å². The summed E-state index contributed by atoms with van der Waals surface area (Å²) in [5.41, 5.74) is 0. The van der Waals surface area contributed by atoms with Crippen molar-refractivity contribution in [2.75, 3.05) is 26.3 Å². The third kappa shape index (κ3) is 2.73. The number of carbonyl (C=O) groups excluding carboxylic acids is 1. The van der Waals surface area contributed by atoms with Gasteiger partial charge in [0.15, 0.2) is 4.08 Å². The average Bonchev–Trinajstić information content (AvgIpc) is 2.60. The number of nitrogens with zero attached hydrogens (tertiary/aromatic N) is 1. The molecule has 0 aromatic carbocycles. The number of aliphatic carboxylic acids is 1. The van der Waals surface area contributed by atoms with Gasteiger partial charge in [0, 0.05) is 18.5 Å². The molecule has 3 saturated heterocycles. The summed E-state index contributed by atoms with van der Waals surface area (Å²) in [5, 5.41) is 25.9. The normalized spacial score (nSPS) is 39.8. The number of carbonyl (C=O) groups is 2. The highest BCUT2D eigenvalue weighted by Gasteiger charge is 2.63. The highest BCUT2D eigenvalue weighted by atomic mass is 32.2. The lowest BCUT2D eigenvalue weighted by molar-refractivity contribution is -0.155. The van der Waals surface area contributed by atoms with Gasteiger partial charge in [-0.25, -0.2) is 4.79 Å². The van der Waals surface area contributed by atoms with Gasteiger partial charge in [0.1, 0.15) is 0 Å². The van der Waals surface area contributed by atoms with E-state index in [1.807, 2.05) is 0 Å². The number of aliphatic hydroxyl groups excluding tert-OH is 1. The Kier molecular flexibility index (Phi) is 4.61. The Morgan fingerprint density at radius 3 is 3.00 bits per heavy atom. The molecule has 7 nitrogen and oxygen atoms in total. The maximum atomic E-state index is 12.1. The molecular weight excluding hydrogens is 326 g/mol. The molecule has 1 amide bonds. The molecule has 3 fully saturated rings. The molecule has 4 unspecified atom stereocenters. The van der Waals surface area contributed by atoms with Crippen molar-refractivity contribution in [1.29, 1.82) is 0 Å². The van der Waals surface area contributed by atoms with Crippen LogP contribution in [0, 0.1) is 5.92 Å². The monoisotopic (exact) mass is 347 g/mol. The molecule has 0 aliphatic carbocycles. The predicted octanol–water partition coefficient (Wildman–Crippen LogP) is -0.678. The van der Waals surface area contributed by atoms with E-state index >= 15 is 0 Å². The van der Waals surface area contributed by atoms with E-state index in [0.717, 1.165) is 26.2 Å². The van der Waals surface area contributed by atoms with E-state index in [1.54, 1.807) is 11.8 Å². The Balaban J connectivity index is 1.74. The smallest absolute Gasteiger partial charge is 0.332 e. The molecule has 3 aliphatic rings. The molecule has 4 N–H and O–H groups in total. The maximum Gasteiger partial charge on any atom is 0.332 e. The molecule has 5 atom stereocenters. The number of nitrogens with one attached hydrogen (secondary N) is 2. The van der Waals surface area contributed by atoms with Gasteiger partial charge in [-0.1, -0.05) is 0 Å². The SMILES string of the molecule is CC(O)C1C(=O)N2CC(SC3CCNCNC3)(C(=O)O)S[C@H]12. The number of hydrogen-bond donors (Lipinski definition) is 4. The van der Waals surface area contributed by atoms with Gasteiger partial charge in [-0.3, -0.25) is 4.79 Å². The van der Waals surface area contributed by atoms with Crippen LogP contribution < -0.4 is 10.6 Å². The van der Waals surface area contributed by atoms with Crippen LogP contribution in [0.1, 0.15) is 13.3 Å². The van der Waals surface area contributed by atoms with Crippen molar-refractivity contribution in [3.8, 4) is 0 Å². The maximum absolute atomic E-state index is 12.1. The van der Waals surface area contributed by atoms with E-state index in [2.05, 4.69) is 10.6 Å². The number of hydrogen-bond acceptors (Lipinski definition) is 7. The lowest BCUT2D eigenvalue weighted by atomic mass is 9.93. The van der Waals surface area contributed by atoms with Crippen LogP contribution in [-0.2, 0) is 9.59 Å². The zero-order valence-electron chi connectivity index (χ0n) is 12.3.